The highest BCUT2D eigenvalue weighted by Crippen LogP contribution is 2.25. The summed E-state index contributed by atoms with van der Waals surface area (Å²) in [5.41, 5.74) is 1.84. The minimum absolute atomic E-state index is 0.0682. The molecule has 3 aromatic rings. The predicted molar refractivity (Wildman–Crippen MR) is 114 cm³/mol. The molecule has 0 aliphatic heterocycles. The van der Waals surface area contributed by atoms with Gasteiger partial charge in [0.05, 0.1) is 23.9 Å². The van der Waals surface area contributed by atoms with Gasteiger partial charge >= 0.3 is 0 Å². The first-order chi connectivity index (χ1) is 13.8. The van der Waals surface area contributed by atoms with E-state index in [2.05, 4.69) is 31.0 Å². The van der Waals surface area contributed by atoms with Gasteiger partial charge in [-0.2, -0.15) is 0 Å². The second-order valence-electron chi connectivity index (χ2n) is 6.25. The molecule has 152 valence electrons. The van der Waals surface area contributed by atoms with Crippen LogP contribution in [0.4, 0.5) is 0 Å². The van der Waals surface area contributed by atoms with Gasteiger partial charge in [0.25, 0.3) is 0 Å². The van der Waals surface area contributed by atoms with Crippen LogP contribution in [0.5, 0.6) is 0 Å². The molecule has 1 heterocycles. The van der Waals surface area contributed by atoms with Crippen molar-refractivity contribution in [2.24, 2.45) is 0 Å². The summed E-state index contributed by atoms with van der Waals surface area (Å²) in [4.78, 5) is 16.1. The van der Waals surface area contributed by atoms with E-state index in [1.165, 1.54) is 12.1 Å². The molecule has 3 rings (SSSR count). The number of sulfonamides is 1. The van der Waals surface area contributed by atoms with Gasteiger partial charge in [-0.1, -0.05) is 39.7 Å². The number of nitrogens with one attached hydrogen (secondary N) is 2. The first-order valence-electron chi connectivity index (χ1n) is 8.58. The summed E-state index contributed by atoms with van der Waals surface area (Å²) in [7, 11) is -3.91. The zero-order valence-electron chi connectivity index (χ0n) is 15.3. The quantitative estimate of drug-likeness (QED) is 0.523. The first kappa shape index (κ1) is 21.5. The predicted octanol–water partition coefficient (Wildman–Crippen LogP) is 3.44. The molecule has 10 heteroatoms. The van der Waals surface area contributed by atoms with Crippen molar-refractivity contribution in [1.82, 2.24) is 19.6 Å². The SMILES string of the molecule is C[C@@H](NC(=O)CNS(=O)(=O)c1ccc(Br)cc1Cl)c1ccc(-n2ccnc2)cc1. The van der Waals surface area contributed by atoms with Gasteiger partial charge in [-0.05, 0) is 42.8 Å². The van der Waals surface area contributed by atoms with Crippen LogP contribution >= 0.6 is 27.5 Å². The summed E-state index contributed by atoms with van der Waals surface area (Å²) < 4.78 is 29.6. The standard InChI is InChI=1S/C19H18BrClN4O3S/c1-13(14-2-5-16(6-3-14)25-9-8-22-12-25)24-19(26)11-23-29(27,28)18-7-4-15(20)10-17(18)21/h2-10,12-13,23H,11H2,1H3,(H,24,26)/t13-/m1/s1. The first-order valence-corrected chi connectivity index (χ1v) is 11.2. The fourth-order valence-electron chi connectivity index (χ4n) is 2.65. The highest BCUT2D eigenvalue weighted by molar-refractivity contribution is 9.10. The molecule has 0 spiro atoms. The van der Waals surface area contributed by atoms with Gasteiger partial charge in [0.1, 0.15) is 4.90 Å². The van der Waals surface area contributed by atoms with Crippen molar-refractivity contribution in [3.05, 3.63) is 76.2 Å². The number of nitrogens with zero attached hydrogens (tertiary/aromatic N) is 2. The number of halogens is 2. The van der Waals surface area contributed by atoms with Crippen LogP contribution in [0.1, 0.15) is 18.5 Å². The van der Waals surface area contributed by atoms with Gasteiger partial charge < -0.3 is 9.88 Å². The smallest absolute Gasteiger partial charge is 0.242 e. The van der Waals surface area contributed by atoms with Crippen LogP contribution in [-0.2, 0) is 14.8 Å². The van der Waals surface area contributed by atoms with Crippen LogP contribution in [0.15, 0.2) is 70.6 Å². The van der Waals surface area contributed by atoms with E-state index in [9.17, 15) is 13.2 Å². The van der Waals surface area contributed by atoms with Gasteiger partial charge in [-0.15, -0.1) is 0 Å². The van der Waals surface area contributed by atoms with Crippen LogP contribution in [0.25, 0.3) is 5.69 Å². The summed E-state index contributed by atoms with van der Waals surface area (Å²) in [6.45, 7) is 1.43. The monoisotopic (exact) mass is 496 g/mol. The highest BCUT2D eigenvalue weighted by atomic mass is 79.9. The third-order valence-electron chi connectivity index (χ3n) is 4.18. The van der Waals surface area contributed by atoms with E-state index in [1.807, 2.05) is 42.0 Å². The van der Waals surface area contributed by atoms with Crippen molar-refractivity contribution in [3.63, 3.8) is 0 Å². The Hall–Kier alpha value is -2.20. The fraction of sp³-hybridized carbons (Fsp3) is 0.158. The number of benzene rings is 2. The maximum atomic E-state index is 12.4. The molecule has 0 radical (unpaired) electrons. The maximum Gasteiger partial charge on any atom is 0.242 e. The van der Waals surface area contributed by atoms with E-state index in [0.29, 0.717) is 4.47 Å². The second-order valence-corrected chi connectivity index (χ2v) is 9.31. The number of hydrogen-bond acceptors (Lipinski definition) is 4. The Morgan fingerprint density at radius 3 is 2.59 bits per heavy atom. The normalized spacial score (nSPS) is 12.5. The van der Waals surface area contributed by atoms with Gasteiger partial charge in [0.15, 0.2) is 0 Å². The lowest BCUT2D eigenvalue weighted by Gasteiger charge is -2.15. The van der Waals surface area contributed by atoms with Crippen LogP contribution in [0.2, 0.25) is 5.02 Å². The van der Waals surface area contributed by atoms with Crippen LogP contribution < -0.4 is 10.0 Å². The van der Waals surface area contributed by atoms with Crippen LogP contribution in [0, 0.1) is 0 Å². The van der Waals surface area contributed by atoms with E-state index in [-0.39, 0.29) is 16.0 Å². The summed E-state index contributed by atoms with van der Waals surface area (Å²) in [5, 5.41) is 2.84. The van der Waals surface area contributed by atoms with Gasteiger partial charge in [0.2, 0.25) is 15.9 Å². The summed E-state index contributed by atoms with van der Waals surface area (Å²) in [6, 6.07) is 11.7. The molecule has 29 heavy (non-hydrogen) atoms. The fourth-order valence-corrected chi connectivity index (χ4v) is 4.67. The Morgan fingerprint density at radius 1 is 1.24 bits per heavy atom. The lowest BCUT2D eigenvalue weighted by molar-refractivity contribution is -0.120. The van der Waals surface area contributed by atoms with E-state index in [0.717, 1.165) is 11.3 Å². The third-order valence-corrected chi connectivity index (χ3v) is 6.56. The molecule has 0 bridgehead atoms. The average Bonchev–Trinajstić information content (AvgIpc) is 3.21. The van der Waals surface area contributed by atoms with Crippen molar-refractivity contribution in [3.8, 4) is 5.69 Å². The van der Waals surface area contributed by atoms with E-state index < -0.39 is 22.5 Å². The molecule has 1 amide bonds. The number of carbonyl (C=O) groups is 1. The molecular formula is C19H18BrClN4O3S. The Labute approximate surface area is 182 Å². The number of amides is 1. The summed E-state index contributed by atoms with van der Waals surface area (Å²) >= 11 is 9.21. The number of hydrogen-bond donors (Lipinski definition) is 2. The molecule has 1 aromatic heterocycles. The Kier molecular flexibility index (Phi) is 6.74. The molecular weight excluding hydrogens is 480 g/mol. The molecule has 0 saturated carbocycles. The molecule has 2 N–H and O–H groups in total. The molecule has 1 atom stereocenters. The number of aromatic nitrogens is 2. The molecule has 0 unspecified atom stereocenters. The lowest BCUT2D eigenvalue weighted by atomic mass is 10.1. The molecule has 2 aromatic carbocycles. The minimum atomic E-state index is -3.91. The maximum absolute atomic E-state index is 12.4. The molecule has 7 nitrogen and oxygen atoms in total. The molecule has 0 aliphatic rings. The van der Waals surface area contributed by atoms with Crippen LogP contribution in [-0.4, -0.2) is 30.4 Å². The second kappa shape index (κ2) is 9.08. The van der Waals surface area contributed by atoms with E-state index in [1.54, 1.807) is 18.6 Å². The largest absolute Gasteiger partial charge is 0.348 e. The van der Waals surface area contributed by atoms with E-state index in [4.69, 9.17) is 11.6 Å². The van der Waals surface area contributed by atoms with Gasteiger partial charge in [0, 0.05) is 22.6 Å². The van der Waals surface area contributed by atoms with Crippen LogP contribution in [0.3, 0.4) is 0 Å². The minimum Gasteiger partial charge on any atom is -0.348 e. The zero-order valence-corrected chi connectivity index (χ0v) is 18.5. The summed E-state index contributed by atoms with van der Waals surface area (Å²) in [6.07, 6.45) is 5.23. The zero-order chi connectivity index (χ0) is 21.0. The van der Waals surface area contributed by atoms with Crippen molar-refractivity contribution in [2.75, 3.05) is 6.54 Å². The third kappa shape index (κ3) is 5.45. The van der Waals surface area contributed by atoms with Gasteiger partial charge in [-0.25, -0.2) is 18.1 Å². The average molecular weight is 498 g/mol. The van der Waals surface area contributed by atoms with Gasteiger partial charge in [-0.3, -0.25) is 4.79 Å². The number of imidazole rings is 1. The Morgan fingerprint density at radius 2 is 1.97 bits per heavy atom. The van der Waals surface area contributed by atoms with Crippen molar-refractivity contribution >= 4 is 43.5 Å². The molecule has 0 fully saturated rings. The van der Waals surface area contributed by atoms with E-state index >= 15 is 0 Å². The topological polar surface area (TPSA) is 93.1 Å². The van der Waals surface area contributed by atoms with Crippen molar-refractivity contribution in [1.29, 1.82) is 0 Å². The highest BCUT2D eigenvalue weighted by Gasteiger charge is 2.19. The molecule has 0 aliphatic carbocycles. The Balaban J connectivity index is 1.58. The lowest BCUT2D eigenvalue weighted by Crippen LogP contribution is -2.38. The Bertz CT molecular complexity index is 1100. The van der Waals surface area contributed by atoms with Crippen molar-refractivity contribution < 1.29 is 13.2 Å². The van der Waals surface area contributed by atoms with Crippen molar-refractivity contribution in [2.45, 2.75) is 17.9 Å². The molecule has 0 saturated heterocycles. The summed E-state index contributed by atoms with van der Waals surface area (Å²) in [5.74, 6) is -0.451. The number of carbonyl (C=O) groups excluding carboxylic acids is 1. The number of rotatable bonds is 7.